The third-order valence-corrected chi connectivity index (χ3v) is 6.43. The number of benzene rings is 3. The first-order chi connectivity index (χ1) is 18.2. The van der Waals surface area contributed by atoms with E-state index in [2.05, 4.69) is 47.9 Å². The van der Waals surface area contributed by atoms with E-state index in [0.29, 0.717) is 6.42 Å². The van der Waals surface area contributed by atoms with Crippen molar-refractivity contribution in [2.45, 2.75) is 25.3 Å². The van der Waals surface area contributed by atoms with Gasteiger partial charge >= 0.3 is 0 Å². The van der Waals surface area contributed by atoms with E-state index >= 15 is 0 Å². The predicted octanol–water partition coefficient (Wildman–Crippen LogP) is 6.28. The van der Waals surface area contributed by atoms with Gasteiger partial charge < -0.3 is 24.5 Å². The van der Waals surface area contributed by atoms with Crippen molar-refractivity contribution in [3.05, 3.63) is 120 Å². The van der Waals surface area contributed by atoms with E-state index in [1.165, 1.54) is 5.56 Å². The number of amides is 1. The van der Waals surface area contributed by atoms with Gasteiger partial charge in [0.1, 0.15) is 5.76 Å². The van der Waals surface area contributed by atoms with Gasteiger partial charge in [-0.2, -0.15) is 0 Å². The van der Waals surface area contributed by atoms with Crippen LogP contribution in [0.4, 0.5) is 5.69 Å². The Labute approximate surface area is 216 Å². The molecule has 1 amide bonds. The van der Waals surface area contributed by atoms with Gasteiger partial charge in [0.25, 0.3) is 5.91 Å². The normalized spacial score (nSPS) is 14.0. The lowest BCUT2D eigenvalue weighted by Crippen LogP contribution is -2.33. The number of hydrogen-bond donors (Lipinski definition) is 2. The average molecular weight is 495 g/mol. The maximum absolute atomic E-state index is 12.7. The number of carbonyl (C=O) groups is 1. The lowest BCUT2D eigenvalue weighted by molar-refractivity contribution is 0.0994. The lowest BCUT2D eigenvalue weighted by atomic mass is 9.88. The van der Waals surface area contributed by atoms with Crippen LogP contribution in [0.15, 0.2) is 101 Å². The molecule has 5 rings (SSSR count). The molecule has 0 saturated heterocycles. The molecule has 0 radical (unpaired) electrons. The molecule has 0 spiro atoms. The number of fused-ring (bicyclic) bond motifs is 1. The Morgan fingerprint density at radius 1 is 0.919 bits per heavy atom. The standard InChI is InChI=1S/C31H30N2O4/c1-22(32-18-8-11-23-9-4-2-5-10-23)27(24-14-16-28-30(19-24)36-21-35-28)20-26-15-17-29(37-26)31(34)33-25-12-6-3-7-13-25/h2-17,19,22,27,32H,18,20-21H2,1H3,(H,33,34)/b11-8+. The first kappa shape index (κ1) is 24.4. The summed E-state index contributed by atoms with van der Waals surface area (Å²) in [7, 11) is 0. The average Bonchev–Trinajstić information content (AvgIpc) is 3.60. The first-order valence-electron chi connectivity index (χ1n) is 12.5. The van der Waals surface area contributed by atoms with Gasteiger partial charge in [-0.3, -0.25) is 4.79 Å². The van der Waals surface area contributed by atoms with Crippen molar-refractivity contribution in [2.75, 3.05) is 18.7 Å². The van der Waals surface area contributed by atoms with E-state index in [0.717, 1.165) is 35.1 Å². The topological polar surface area (TPSA) is 72.7 Å². The molecular weight excluding hydrogens is 464 g/mol. The third kappa shape index (κ3) is 6.29. The van der Waals surface area contributed by atoms with Crippen LogP contribution >= 0.6 is 0 Å². The van der Waals surface area contributed by atoms with E-state index in [1.807, 2.05) is 66.7 Å². The Hall–Kier alpha value is -4.29. The number of nitrogens with one attached hydrogen (secondary N) is 2. The van der Waals surface area contributed by atoms with Gasteiger partial charge in [0.2, 0.25) is 6.79 Å². The van der Waals surface area contributed by atoms with Crippen molar-refractivity contribution >= 4 is 17.7 Å². The van der Waals surface area contributed by atoms with Crippen LogP contribution in [-0.4, -0.2) is 25.3 Å². The van der Waals surface area contributed by atoms with Crippen LogP contribution in [-0.2, 0) is 6.42 Å². The summed E-state index contributed by atoms with van der Waals surface area (Å²) >= 11 is 0. The maximum atomic E-state index is 12.7. The van der Waals surface area contributed by atoms with Crippen molar-refractivity contribution in [3.8, 4) is 11.5 Å². The largest absolute Gasteiger partial charge is 0.456 e. The molecule has 0 saturated carbocycles. The van der Waals surface area contributed by atoms with E-state index in [1.54, 1.807) is 6.07 Å². The fourth-order valence-electron chi connectivity index (χ4n) is 4.42. The first-order valence-corrected chi connectivity index (χ1v) is 12.5. The van der Waals surface area contributed by atoms with E-state index in [-0.39, 0.29) is 30.4 Å². The Morgan fingerprint density at radius 3 is 2.49 bits per heavy atom. The van der Waals surface area contributed by atoms with Gasteiger partial charge in [-0.25, -0.2) is 0 Å². The monoisotopic (exact) mass is 494 g/mol. The van der Waals surface area contributed by atoms with Crippen LogP contribution in [0.1, 0.15) is 40.3 Å². The Morgan fingerprint density at radius 2 is 1.68 bits per heavy atom. The number of anilines is 1. The summed E-state index contributed by atoms with van der Waals surface area (Å²) in [5.74, 6) is 2.35. The zero-order chi connectivity index (χ0) is 25.5. The van der Waals surface area contributed by atoms with Gasteiger partial charge in [-0.15, -0.1) is 0 Å². The molecule has 2 N–H and O–H groups in total. The molecular formula is C31H30N2O4. The number of ether oxygens (including phenoxy) is 2. The van der Waals surface area contributed by atoms with E-state index in [4.69, 9.17) is 13.9 Å². The molecule has 3 aromatic carbocycles. The Balaban J connectivity index is 1.29. The minimum absolute atomic E-state index is 0.0795. The van der Waals surface area contributed by atoms with Crippen LogP contribution in [0.2, 0.25) is 0 Å². The molecule has 4 aromatic rings. The minimum atomic E-state index is -0.269. The highest BCUT2D eigenvalue weighted by molar-refractivity contribution is 6.02. The summed E-state index contributed by atoms with van der Waals surface area (Å²) in [5.41, 5.74) is 3.01. The molecule has 0 aliphatic carbocycles. The summed E-state index contributed by atoms with van der Waals surface area (Å²) in [6, 6.07) is 29.4. The SMILES string of the molecule is CC(NC/C=C/c1ccccc1)C(Cc1ccc(C(=O)Nc2ccccc2)o1)c1ccc2c(c1)OCO2. The highest BCUT2D eigenvalue weighted by Crippen LogP contribution is 2.36. The summed E-state index contributed by atoms with van der Waals surface area (Å²) in [6.07, 6.45) is 4.86. The molecule has 1 aliphatic rings. The number of hydrogen-bond acceptors (Lipinski definition) is 5. The van der Waals surface area contributed by atoms with Crippen LogP contribution in [0.25, 0.3) is 6.08 Å². The summed E-state index contributed by atoms with van der Waals surface area (Å²) in [5, 5.41) is 6.49. The molecule has 0 bridgehead atoms. The smallest absolute Gasteiger partial charge is 0.291 e. The van der Waals surface area contributed by atoms with Gasteiger partial charge in [0, 0.05) is 30.6 Å². The maximum Gasteiger partial charge on any atom is 0.291 e. The molecule has 2 unspecified atom stereocenters. The number of carbonyl (C=O) groups excluding carboxylic acids is 1. The highest BCUT2D eigenvalue weighted by Gasteiger charge is 2.24. The number of rotatable bonds is 10. The minimum Gasteiger partial charge on any atom is -0.456 e. The number of furan rings is 1. The second kappa shape index (κ2) is 11.6. The molecule has 1 aliphatic heterocycles. The van der Waals surface area contributed by atoms with Gasteiger partial charge in [0.05, 0.1) is 0 Å². The van der Waals surface area contributed by atoms with Gasteiger partial charge in [0.15, 0.2) is 17.3 Å². The predicted molar refractivity (Wildman–Crippen MR) is 145 cm³/mol. The second-order valence-electron chi connectivity index (χ2n) is 9.02. The number of para-hydroxylation sites is 1. The molecule has 6 nitrogen and oxygen atoms in total. The quantitative estimate of drug-likeness (QED) is 0.272. The van der Waals surface area contributed by atoms with Gasteiger partial charge in [-0.1, -0.05) is 66.7 Å². The van der Waals surface area contributed by atoms with Crippen molar-refractivity contribution in [2.24, 2.45) is 0 Å². The van der Waals surface area contributed by atoms with Crippen LogP contribution in [0.5, 0.6) is 11.5 Å². The molecule has 2 heterocycles. The summed E-state index contributed by atoms with van der Waals surface area (Å²) in [4.78, 5) is 12.7. The van der Waals surface area contributed by atoms with E-state index in [9.17, 15) is 4.79 Å². The fraction of sp³-hybridized carbons (Fsp3) is 0.194. The third-order valence-electron chi connectivity index (χ3n) is 6.43. The van der Waals surface area contributed by atoms with Crippen LogP contribution in [0, 0.1) is 0 Å². The van der Waals surface area contributed by atoms with Crippen molar-refractivity contribution in [1.82, 2.24) is 5.32 Å². The molecule has 1 aromatic heterocycles. The van der Waals surface area contributed by atoms with Gasteiger partial charge in [-0.05, 0) is 54.4 Å². The van der Waals surface area contributed by atoms with E-state index < -0.39 is 0 Å². The summed E-state index contributed by atoms with van der Waals surface area (Å²) < 4.78 is 17.1. The Bertz CT molecular complexity index is 1350. The highest BCUT2D eigenvalue weighted by atomic mass is 16.7. The molecule has 37 heavy (non-hydrogen) atoms. The van der Waals surface area contributed by atoms with Crippen molar-refractivity contribution in [1.29, 1.82) is 0 Å². The molecule has 0 fully saturated rings. The molecule has 2 atom stereocenters. The van der Waals surface area contributed by atoms with Crippen molar-refractivity contribution < 1.29 is 18.7 Å². The Kier molecular flexibility index (Phi) is 7.67. The molecule has 6 heteroatoms. The molecule has 188 valence electrons. The fourth-order valence-corrected chi connectivity index (χ4v) is 4.42. The second-order valence-corrected chi connectivity index (χ2v) is 9.02. The lowest BCUT2D eigenvalue weighted by Gasteiger charge is -2.25. The zero-order valence-electron chi connectivity index (χ0n) is 20.7. The summed E-state index contributed by atoms with van der Waals surface area (Å²) in [6.45, 7) is 3.12. The zero-order valence-corrected chi connectivity index (χ0v) is 20.7. The van der Waals surface area contributed by atoms with Crippen LogP contribution in [0.3, 0.4) is 0 Å². The van der Waals surface area contributed by atoms with Crippen molar-refractivity contribution in [3.63, 3.8) is 0 Å². The van der Waals surface area contributed by atoms with Crippen LogP contribution < -0.4 is 20.1 Å².